The molecule has 0 saturated heterocycles. The van der Waals surface area contributed by atoms with Gasteiger partial charge in [0.2, 0.25) is 5.90 Å². The van der Waals surface area contributed by atoms with Gasteiger partial charge in [0.1, 0.15) is 5.75 Å². The number of carbonyl (C=O) groups excluding carboxylic acids is 1. The number of ether oxygens (including phenoxy) is 3. The monoisotopic (exact) mass is 663 g/mol. The molecule has 10 nitrogen and oxygen atoms in total. The lowest BCUT2D eigenvalue weighted by atomic mass is 9.80. The van der Waals surface area contributed by atoms with Crippen LogP contribution in [-0.2, 0) is 27.2 Å². The molecule has 1 amide bonds. The van der Waals surface area contributed by atoms with Crippen molar-refractivity contribution in [1.82, 2.24) is 5.32 Å². The van der Waals surface area contributed by atoms with Gasteiger partial charge in [0.05, 0.1) is 19.3 Å². The third kappa shape index (κ3) is 8.60. The molecule has 2 N–H and O–H groups in total. The van der Waals surface area contributed by atoms with E-state index in [9.17, 15) is 4.79 Å². The minimum absolute atomic E-state index is 0.0541. The van der Waals surface area contributed by atoms with E-state index in [2.05, 4.69) is 31.3 Å². The van der Waals surface area contributed by atoms with E-state index >= 15 is 0 Å². The first kappa shape index (κ1) is 33.0. The maximum absolute atomic E-state index is 14.4. The van der Waals surface area contributed by atoms with E-state index in [4.69, 9.17) is 29.8 Å². The average Bonchev–Trinajstić information content (AvgIpc) is 3.41. The Kier molecular flexibility index (Phi) is 12.2. The number of nitrogens with one attached hydrogen (secondary N) is 1. The van der Waals surface area contributed by atoms with Crippen molar-refractivity contribution in [3.8, 4) is 5.75 Å². The molecule has 3 aromatic rings. The van der Waals surface area contributed by atoms with Gasteiger partial charge in [-0.25, -0.2) is 4.99 Å². The molecule has 3 aromatic carbocycles. The Morgan fingerprint density at radius 3 is 2.57 bits per heavy atom. The van der Waals surface area contributed by atoms with Crippen LogP contribution in [0.15, 0.2) is 87.4 Å². The Morgan fingerprint density at radius 1 is 1.11 bits per heavy atom. The van der Waals surface area contributed by atoms with E-state index in [0.717, 1.165) is 21.2 Å². The second-order valence-corrected chi connectivity index (χ2v) is 11.6. The fourth-order valence-electron chi connectivity index (χ4n) is 4.96. The van der Waals surface area contributed by atoms with Crippen LogP contribution < -0.4 is 10.1 Å². The van der Waals surface area contributed by atoms with Gasteiger partial charge >= 0.3 is 0 Å². The second kappa shape index (κ2) is 16.3. The van der Waals surface area contributed by atoms with Gasteiger partial charge in [-0.15, -0.1) is 0 Å². The lowest BCUT2D eigenvalue weighted by molar-refractivity contribution is -0.129. The Hall–Kier alpha value is -3.89. The molecule has 11 heteroatoms. The van der Waals surface area contributed by atoms with E-state index in [1.165, 1.54) is 0 Å². The molecule has 0 saturated carbocycles. The number of aliphatic hydroxyl groups is 1. The first-order valence-electron chi connectivity index (χ1n) is 14.7. The Morgan fingerprint density at radius 2 is 1.86 bits per heavy atom. The lowest BCUT2D eigenvalue weighted by Crippen LogP contribution is -2.50. The summed E-state index contributed by atoms with van der Waals surface area (Å²) in [6.45, 7) is 5.44. The largest absolute Gasteiger partial charge is 0.494 e. The molecule has 0 aromatic heterocycles. The van der Waals surface area contributed by atoms with Crippen molar-refractivity contribution in [3.63, 3.8) is 0 Å². The van der Waals surface area contributed by atoms with Gasteiger partial charge in [0, 0.05) is 47.5 Å². The smallest absolute Gasteiger partial charge is 0.252 e. The summed E-state index contributed by atoms with van der Waals surface area (Å²) in [5.41, 5.74) is 10.7. The van der Waals surface area contributed by atoms with Crippen molar-refractivity contribution in [2.75, 3.05) is 26.4 Å². The quantitative estimate of drug-likeness (QED) is 0.0785. The minimum atomic E-state index is -1.37. The lowest BCUT2D eigenvalue weighted by Gasteiger charge is -2.32. The van der Waals surface area contributed by atoms with Crippen LogP contribution in [0.4, 0.5) is 0 Å². The molecule has 0 bridgehead atoms. The zero-order valence-corrected chi connectivity index (χ0v) is 26.6. The number of hydrogen-bond donors (Lipinski definition) is 2. The summed E-state index contributed by atoms with van der Waals surface area (Å²) in [5.74, 6) is 0.706. The molecule has 0 fully saturated rings. The van der Waals surface area contributed by atoms with Crippen molar-refractivity contribution in [2.24, 2.45) is 10.1 Å². The average molecular weight is 665 g/mol. The molecular weight excluding hydrogens is 626 g/mol. The minimum Gasteiger partial charge on any atom is -0.494 e. The number of aliphatic imine (C=N–C) groups is 1. The van der Waals surface area contributed by atoms with E-state index in [-0.39, 0.29) is 31.6 Å². The molecule has 232 valence electrons. The highest BCUT2D eigenvalue weighted by atomic mass is 79.9. The SMILES string of the molecule is CC(C)OCCCNC(=O)[C@]1(Cc2ccc(Br)cc2)N=C(c2ccc(OCCCO)cc2)O[C@@H]1c1ccccc1CN=[N+]=[N-]. The zero-order chi connectivity index (χ0) is 31.4. The first-order chi connectivity index (χ1) is 21.4. The molecule has 0 spiro atoms. The predicted molar refractivity (Wildman–Crippen MR) is 173 cm³/mol. The van der Waals surface area contributed by atoms with Gasteiger partial charge in [0.25, 0.3) is 5.91 Å². The third-order valence-electron chi connectivity index (χ3n) is 7.12. The van der Waals surface area contributed by atoms with E-state index in [0.29, 0.717) is 49.8 Å². The number of benzene rings is 3. The number of carbonyl (C=O) groups is 1. The van der Waals surface area contributed by atoms with Crippen molar-refractivity contribution in [1.29, 1.82) is 0 Å². The molecule has 0 aliphatic carbocycles. The van der Waals surface area contributed by atoms with Crippen LogP contribution in [0.2, 0.25) is 0 Å². The molecule has 1 aliphatic rings. The van der Waals surface area contributed by atoms with E-state index < -0.39 is 11.6 Å². The highest BCUT2D eigenvalue weighted by Crippen LogP contribution is 2.44. The number of hydrogen-bond acceptors (Lipinski definition) is 7. The van der Waals surface area contributed by atoms with Crippen LogP contribution in [0.1, 0.15) is 55.0 Å². The molecule has 1 aliphatic heterocycles. The number of azide groups is 1. The summed E-state index contributed by atoms with van der Waals surface area (Å²) < 4.78 is 18.9. The zero-order valence-electron chi connectivity index (χ0n) is 25.0. The molecule has 0 unspecified atom stereocenters. The molecule has 44 heavy (non-hydrogen) atoms. The van der Waals surface area contributed by atoms with Gasteiger partial charge < -0.3 is 24.6 Å². The number of nitrogens with zero attached hydrogens (tertiary/aromatic N) is 4. The van der Waals surface area contributed by atoms with Crippen LogP contribution in [0.3, 0.4) is 0 Å². The normalized spacial score (nSPS) is 17.5. The van der Waals surface area contributed by atoms with Gasteiger partial charge in [-0.3, -0.25) is 4.79 Å². The number of rotatable bonds is 16. The maximum Gasteiger partial charge on any atom is 0.252 e. The topological polar surface area (TPSA) is 138 Å². The molecule has 4 rings (SSSR count). The van der Waals surface area contributed by atoms with E-state index in [1.54, 1.807) is 0 Å². The number of amides is 1. The van der Waals surface area contributed by atoms with Crippen molar-refractivity contribution in [2.45, 2.75) is 57.4 Å². The summed E-state index contributed by atoms with van der Waals surface area (Å²) in [6.07, 6.45) is 0.741. The Labute approximate surface area is 266 Å². The van der Waals surface area contributed by atoms with E-state index in [1.807, 2.05) is 86.6 Å². The fraction of sp³-hybridized carbons (Fsp3) is 0.394. The molecule has 1 heterocycles. The summed E-state index contributed by atoms with van der Waals surface area (Å²) in [6, 6.07) is 22.6. The highest BCUT2D eigenvalue weighted by Gasteiger charge is 2.53. The van der Waals surface area contributed by atoms with Crippen LogP contribution in [-0.4, -0.2) is 54.9 Å². The summed E-state index contributed by atoms with van der Waals surface area (Å²) >= 11 is 3.50. The van der Waals surface area contributed by atoms with Crippen LogP contribution in [0.25, 0.3) is 10.4 Å². The van der Waals surface area contributed by atoms with Crippen LogP contribution in [0.5, 0.6) is 5.75 Å². The Balaban J connectivity index is 1.76. The summed E-state index contributed by atoms with van der Waals surface area (Å²) in [5, 5.41) is 16.0. The molecular formula is C33H38BrN5O5. The van der Waals surface area contributed by atoms with Gasteiger partial charge in [-0.05, 0) is 78.9 Å². The molecule has 2 atom stereocenters. The first-order valence-corrected chi connectivity index (χ1v) is 15.5. The fourth-order valence-corrected chi connectivity index (χ4v) is 5.23. The van der Waals surface area contributed by atoms with Crippen LogP contribution >= 0.6 is 15.9 Å². The van der Waals surface area contributed by atoms with Crippen LogP contribution in [0, 0.1) is 0 Å². The van der Waals surface area contributed by atoms with Crippen molar-refractivity contribution in [3.05, 3.63) is 110 Å². The van der Waals surface area contributed by atoms with Crippen molar-refractivity contribution < 1.29 is 24.1 Å². The Bertz CT molecular complexity index is 1460. The number of halogens is 1. The second-order valence-electron chi connectivity index (χ2n) is 10.7. The maximum atomic E-state index is 14.4. The number of aliphatic hydroxyl groups excluding tert-OH is 1. The standard InChI is InChI=1S/C33H38BrN5O5/c1-23(2)42-19-5-17-36-32(41)33(21-24-9-13-27(34)14-10-24)30(29-8-4-3-7-26(29)22-37-39-35)44-31(38-33)25-11-15-28(16-12-25)43-20-6-18-40/h3-4,7-16,23,30,40H,5-6,17-22H2,1-2H3,(H,36,41)/t30-,33-/m1/s1. The third-order valence-corrected chi connectivity index (χ3v) is 7.65. The summed E-state index contributed by atoms with van der Waals surface area (Å²) in [7, 11) is 0. The van der Waals surface area contributed by atoms with Gasteiger partial charge in [0.15, 0.2) is 11.6 Å². The summed E-state index contributed by atoms with van der Waals surface area (Å²) in [4.78, 5) is 22.4. The highest BCUT2D eigenvalue weighted by molar-refractivity contribution is 9.10. The van der Waals surface area contributed by atoms with Crippen molar-refractivity contribution >= 4 is 27.7 Å². The predicted octanol–water partition coefficient (Wildman–Crippen LogP) is 6.45. The molecule has 0 radical (unpaired) electrons. The van der Waals surface area contributed by atoms with Gasteiger partial charge in [-0.2, -0.15) is 0 Å². The van der Waals surface area contributed by atoms with Gasteiger partial charge in [-0.1, -0.05) is 57.4 Å².